The van der Waals surface area contributed by atoms with Crippen molar-refractivity contribution in [3.05, 3.63) is 12.2 Å². The SMILES string of the molecule is CC(C)Cn1ncnc1CC(C)(O)CN. The Morgan fingerprint density at radius 1 is 1.60 bits per heavy atom. The Morgan fingerprint density at radius 2 is 2.27 bits per heavy atom. The van der Waals surface area contributed by atoms with Gasteiger partial charge < -0.3 is 10.8 Å². The van der Waals surface area contributed by atoms with Gasteiger partial charge in [-0.05, 0) is 12.8 Å². The Kier molecular flexibility index (Phi) is 3.82. The van der Waals surface area contributed by atoms with Crippen molar-refractivity contribution in [2.24, 2.45) is 11.7 Å². The Hall–Kier alpha value is -0.940. The van der Waals surface area contributed by atoms with Crippen molar-refractivity contribution in [3.8, 4) is 0 Å². The molecule has 1 atom stereocenters. The largest absolute Gasteiger partial charge is 0.388 e. The zero-order valence-electron chi connectivity index (χ0n) is 9.64. The molecule has 0 saturated carbocycles. The fourth-order valence-electron chi connectivity index (χ4n) is 1.34. The van der Waals surface area contributed by atoms with Crippen LogP contribution in [0.1, 0.15) is 26.6 Å². The highest BCUT2D eigenvalue weighted by atomic mass is 16.3. The van der Waals surface area contributed by atoms with Gasteiger partial charge in [-0.25, -0.2) is 9.67 Å². The summed E-state index contributed by atoms with van der Waals surface area (Å²) in [6.07, 6.45) is 1.96. The van der Waals surface area contributed by atoms with Gasteiger partial charge in [0.2, 0.25) is 0 Å². The normalized spacial score (nSPS) is 15.6. The number of hydrogen-bond donors (Lipinski definition) is 2. The molecule has 0 bridgehead atoms. The molecule has 0 amide bonds. The fraction of sp³-hybridized carbons (Fsp3) is 0.800. The van der Waals surface area contributed by atoms with Gasteiger partial charge >= 0.3 is 0 Å². The molecular weight excluding hydrogens is 192 g/mol. The molecule has 1 aromatic rings. The molecule has 3 N–H and O–H groups in total. The van der Waals surface area contributed by atoms with Gasteiger partial charge in [0, 0.05) is 19.5 Å². The molecule has 0 radical (unpaired) electrons. The summed E-state index contributed by atoms with van der Waals surface area (Å²) in [5.41, 5.74) is 4.57. The van der Waals surface area contributed by atoms with E-state index in [0.717, 1.165) is 12.4 Å². The molecule has 5 nitrogen and oxygen atoms in total. The highest BCUT2D eigenvalue weighted by Crippen LogP contribution is 2.10. The van der Waals surface area contributed by atoms with Crippen LogP contribution in [0.15, 0.2) is 6.33 Å². The first-order valence-corrected chi connectivity index (χ1v) is 5.24. The van der Waals surface area contributed by atoms with E-state index in [0.29, 0.717) is 12.3 Å². The van der Waals surface area contributed by atoms with Crippen molar-refractivity contribution in [3.63, 3.8) is 0 Å². The molecule has 1 heterocycles. The van der Waals surface area contributed by atoms with Gasteiger partial charge in [0.25, 0.3) is 0 Å². The van der Waals surface area contributed by atoms with Crippen LogP contribution in [0.2, 0.25) is 0 Å². The van der Waals surface area contributed by atoms with Gasteiger partial charge in [0.15, 0.2) is 0 Å². The van der Waals surface area contributed by atoms with Crippen LogP contribution in [-0.4, -0.2) is 32.0 Å². The second kappa shape index (κ2) is 4.72. The zero-order valence-corrected chi connectivity index (χ0v) is 9.64. The third kappa shape index (κ3) is 3.60. The van der Waals surface area contributed by atoms with Gasteiger partial charge in [0.1, 0.15) is 12.2 Å². The van der Waals surface area contributed by atoms with E-state index in [-0.39, 0.29) is 6.54 Å². The monoisotopic (exact) mass is 212 g/mol. The van der Waals surface area contributed by atoms with Gasteiger partial charge in [-0.1, -0.05) is 13.8 Å². The van der Waals surface area contributed by atoms with Crippen molar-refractivity contribution in [1.29, 1.82) is 0 Å². The maximum atomic E-state index is 9.85. The van der Waals surface area contributed by atoms with Gasteiger partial charge in [-0.3, -0.25) is 0 Å². The topological polar surface area (TPSA) is 77.0 Å². The summed E-state index contributed by atoms with van der Waals surface area (Å²) in [4.78, 5) is 4.14. The van der Waals surface area contributed by atoms with Crippen molar-refractivity contribution in [2.45, 2.75) is 39.3 Å². The maximum absolute atomic E-state index is 9.85. The van der Waals surface area contributed by atoms with E-state index in [1.165, 1.54) is 6.33 Å². The van der Waals surface area contributed by atoms with Crippen molar-refractivity contribution < 1.29 is 5.11 Å². The number of nitrogens with two attached hydrogens (primary N) is 1. The van der Waals surface area contributed by atoms with E-state index in [2.05, 4.69) is 23.9 Å². The minimum Gasteiger partial charge on any atom is -0.388 e. The number of aliphatic hydroxyl groups is 1. The standard InChI is InChI=1S/C10H20N4O/c1-8(2)5-14-9(12-7-13-14)4-10(3,15)6-11/h7-8,15H,4-6,11H2,1-3H3. The number of aromatic nitrogens is 3. The minimum atomic E-state index is -0.901. The summed E-state index contributed by atoms with van der Waals surface area (Å²) in [5, 5.41) is 14.0. The first kappa shape index (κ1) is 12.1. The number of hydrogen-bond acceptors (Lipinski definition) is 4. The molecule has 0 spiro atoms. The van der Waals surface area contributed by atoms with Gasteiger partial charge in [-0.2, -0.15) is 5.10 Å². The van der Waals surface area contributed by atoms with E-state index in [1.807, 2.05) is 4.68 Å². The molecule has 0 aliphatic heterocycles. The average Bonchev–Trinajstić information content (AvgIpc) is 2.51. The highest BCUT2D eigenvalue weighted by Gasteiger charge is 2.22. The van der Waals surface area contributed by atoms with E-state index in [4.69, 9.17) is 5.73 Å². The van der Waals surface area contributed by atoms with Gasteiger partial charge in [0.05, 0.1) is 5.60 Å². The molecule has 0 aliphatic rings. The van der Waals surface area contributed by atoms with Crippen LogP contribution in [0.5, 0.6) is 0 Å². The third-order valence-corrected chi connectivity index (χ3v) is 2.21. The fourth-order valence-corrected chi connectivity index (χ4v) is 1.34. The molecule has 1 unspecified atom stereocenters. The summed E-state index contributed by atoms with van der Waals surface area (Å²) in [6, 6.07) is 0. The second-order valence-corrected chi connectivity index (χ2v) is 4.63. The smallest absolute Gasteiger partial charge is 0.138 e. The van der Waals surface area contributed by atoms with Crippen LogP contribution in [-0.2, 0) is 13.0 Å². The predicted octanol–water partition coefficient (Wildman–Crippen LogP) is 0.186. The molecular formula is C10H20N4O. The maximum Gasteiger partial charge on any atom is 0.138 e. The quantitative estimate of drug-likeness (QED) is 0.730. The molecule has 15 heavy (non-hydrogen) atoms. The Balaban J connectivity index is 2.73. The van der Waals surface area contributed by atoms with Crippen LogP contribution in [0.25, 0.3) is 0 Å². The third-order valence-electron chi connectivity index (χ3n) is 2.21. The lowest BCUT2D eigenvalue weighted by molar-refractivity contribution is 0.0661. The lowest BCUT2D eigenvalue weighted by Gasteiger charge is -2.20. The van der Waals surface area contributed by atoms with Crippen LogP contribution in [0.4, 0.5) is 0 Å². The molecule has 5 heteroatoms. The molecule has 1 rings (SSSR count). The minimum absolute atomic E-state index is 0.224. The molecule has 0 aliphatic carbocycles. The van der Waals surface area contributed by atoms with Crippen LogP contribution >= 0.6 is 0 Å². The lowest BCUT2D eigenvalue weighted by Crippen LogP contribution is -2.37. The molecule has 0 fully saturated rings. The van der Waals surface area contributed by atoms with E-state index >= 15 is 0 Å². The van der Waals surface area contributed by atoms with Crippen molar-refractivity contribution in [2.75, 3.05) is 6.54 Å². The van der Waals surface area contributed by atoms with Crippen LogP contribution in [0.3, 0.4) is 0 Å². The predicted molar refractivity (Wildman–Crippen MR) is 58.2 cm³/mol. The van der Waals surface area contributed by atoms with Crippen molar-refractivity contribution >= 4 is 0 Å². The van der Waals surface area contributed by atoms with Gasteiger partial charge in [-0.15, -0.1) is 0 Å². The van der Waals surface area contributed by atoms with E-state index in [9.17, 15) is 5.11 Å². The first-order valence-electron chi connectivity index (χ1n) is 5.24. The Bertz CT molecular complexity index is 306. The number of rotatable bonds is 5. The second-order valence-electron chi connectivity index (χ2n) is 4.63. The summed E-state index contributed by atoms with van der Waals surface area (Å²) < 4.78 is 1.83. The van der Waals surface area contributed by atoms with Crippen LogP contribution < -0.4 is 5.73 Å². The van der Waals surface area contributed by atoms with Crippen molar-refractivity contribution in [1.82, 2.24) is 14.8 Å². The van der Waals surface area contributed by atoms with Crippen LogP contribution in [0, 0.1) is 5.92 Å². The Labute approximate surface area is 90.3 Å². The summed E-state index contributed by atoms with van der Waals surface area (Å²) in [6.45, 7) is 6.98. The molecule has 0 saturated heterocycles. The summed E-state index contributed by atoms with van der Waals surface area (Å²) in [5.74, 6) is 1.30. The lowest BCUT2D eigenvalue weighted by atomic mass is 10.0. The zero-order chi connectivity index (χ0) is 11.5. The summed E-state index contributed by atoms with van der Waals surface area (Å²) >= 11 is 0. The molecule has 0 aromatic carbocycles. The molecule has 1 aromatic heterocycles. The average molecular weight is 212 g/mol. The van der Waals surface area contributed by atoms with E-state index < -0.39 is 5.60 Å². The first-order chi connectivity index (χ1) is 6.94. The highest BCUT2D eigenvalue weighted by molar-refractivity contribution is 4.93. The summed E-state index contributed by atoms with van der Waals surface area (Å²) in [7, 11) is 0. The number of nitrogens with zero attached hydrogens (tertiary/aromatic N) is 3. The Morgan fingerprint density at radius 3 is 2.80 bits per heavy atom. The molecule has 86 valence electrons. The van der Waals surface area contributed by atoms with E-state index in [1.54, 1.807) is 6.92 Å².